The van der Waals surface area contributed by atoms with Gasteiger partial charge in [0, 0.05) is 27.3 Å². The zero-order valence-electron chi connectivity index (χ0n) is 16.5. The highest BCUT2D eigenvalue weighted by molar-refractivity contribution is 7.81. The quantitative estimate of drug-likeness (QED) is 0.532. The number of carbonyl (C=O) groups excluding carboxylic acids is 1. The number of rotatable bonds is 4. The van der Waals surface area contributed by atoms with Gasteiger partial charge in [0.05, 0.1) is 6.26 Å². The van der Waals surface area contributed by atoms with Crippen molar-refractivity contribution in [3.05, 3.63) is 58.5 Å². The molecule has 0 saturated carbocycles. The third-order valence-corrected chi connectivity index (χ3v) is 6.83. The first-order chi connectivity index (χ1) is 14.9. The van der Waals surface area contributed by atoms with Gasteiger partial charge in [-0.1, -0.05) is 6.92 Å². The summed E-state index contributed by atoms with van der Waals surface area (Å²) in [6, 6.07) is 4.97. The second-order valence-corrected chi connectivity index (χ2v) is 10.1. The Morgan fingerprint density at radius 3 is 2.19 bits per heavy atom. The van der Waals surface area contributed by atoms with E-state index in [0.717, 1.165) is 36.1 Å². The monoisotopic (exact) mass is 480 g/mol. The topological polar surface area (TPSA) is 157 Å². The number of fused-ring (bicyclic) bond motifs is 3. The molecule has 12 heteroatoms. The summed E-state index contributed by atoms with van der Waals surface area (Å²) in [5.74, 6) is -0.878. The largest absolute Gasteiger partial charge is 0.460 e. The van der Waals surface area contributed by atoms with E-state index in [1.807, 2.05) is 6.92 Å². The third-order valence-electron chi connectivity index (χ3n) is 6.05. The van der Waals surface area contributed by atoms with Crippen LogP contribution in [0.4, 0.5) is 0 Å². The fourth-order valence-corrected chi connectivity index (χ4v) is 5.60. The lowest BCUT2D eigenvalue weighted by Crippen LogP contribution is -2.35. The summed E-state index contributed by atoms with van der Waals surface area (Å²) in [5, 5.41) is 0.0427. The Bertz CT molecular complexity index is 1530. The van der Waals surface area contributed by atoms with Crippen molar-refractivity contribution < 1.29 is 43.5 Å². The Morgan fingerprint density at radius 2 is 1.59 bits per heavy atom. The molecule has 0 spiro atoms. The van der Waals surface area contributed by atoms with Crippen LogP contribution in [0.2, 0.25) is 0 Å². The SMILES string of the molecule is CC12CCCc3coc(c31)C(=O)c1cc3c(OS(=O)(=O)O)ccc(OS(=O)(=O)O)c3cc12. The van der Waals surface area contributed by atoms with Gasteiger partial charge < -0.3 is 12.8 Å². The molecule has 0 bridgehead atoms. The van der Waals surface area contributed by atoms with Gasteiger partial charge in [-0.3, -0.25) is 13.9 Å². The lowest BCUT2D eigenvalue weighted by Gasteiger charge is -2.39. The molecule has 3 aromatic rings. The molecule has 168 valence electrons. The minimum Gasteiger partial charge on any atom is -0.460 e. The molecule has 0 amide bonds. The van der Waals surface area contributed by atoms with Crippen LogP contribution in [0.5, 0.6) is 11.5 Å². The number of ketones is 1. The van der Waals surface area contributed by atoms with E-state index < -0.39 is 32.0 Å². The lowest BCUT2D eigenvalue weighted by atomic mass is 9.63. The van der Waals surface area contributed by atoms with Gasteiger partial charge in [-0.25, -0.2) is 0 Å². The van der Waals surface area contributed by atoms with Crippen molar-refractivity contribution in [2.24, 2.45) is 0 Å². The van der Waals surface area contributed by atoms with E-state index in [-0.39, 0.29) is 33.6 Å². The molecule has 0 saturated heterocycles. The van der Waals surface area contributed by atoms with Crippen molar-refractivity contribution in [1.82, 2.24) is 0 Å². The zero-order valence-corrected chi connectivity index (χ0v) is 18.1. The number of aryl methyl sites for hydroxylation is 1. The minimum atomic E-state index is -4.93. The highest BCUT2D eigenvalue weighted by Crippen LogP contribution is 2.51. The summed E-state index contributed by atoms with van der Waals surface area (Å²) >= 11 is 0. The summed E-state index contributed by atoms with van der Waals surface area (Å²) < 4.78 is 78.6. The number of hydrogen-bond acceptors (Lipinski definition) is 8. The van der Waals surface area contributed by atoms with Gasteiger partial charge in [0.2, 0.25) is 5.78 Å². The van der Waals surface area contributed by atoms with Gasteiger partial charge in [-0.05, 0) is 54.7 Å². The van der Waals surface area contributed by atoms with Crippen LogP contribution in [0, 0.1) is 0 Å². The summed E-state index contributed by atoms with van der Waals surface area (Å²) in [6.07, 6.45) is 3.84. The van der Waals surface area contributed by atoms with Crippen LogP contribution in [0.3, 0.4) is 0 Å². The molecule has 1 unspecified atom stereocenters. The lowest BCUT2D eigenvalue weighted by molar-refractivity contribution is 0.0998. The van der Waals surface area contributed by atoms with Crippen LogP contribution in [-0.4, -0.2) is 31.7 Å². The average molecular weight is 480 g/mol. The molecular weight excluding hydrogens is 464 g/mol. The maximum absolute atomic E-state index is 13.2. The summed E-state index contributed by atoms with van der Waals surface area (Å²) in [4.78, 5) is 13.2. The molecule has 2 aliphatic rings. The molecule has 2 aromatic carbocycles. The summed E-state index contributed by atoms with van der Waals surface area (Å²) in [5.41, 5.74) is 1.88. The molecule has 32 heavy (non-hydrogen) atoms. The third kappa shape index (κ3) is 3.18. The first-order valence-electron chi connectivity index (χ1n) is 9.48. The van der Waals surface area contributed by atoms with Gasteiger partial charge in [-0.2, -0.15) is 16.8 Å². The van der Waals surface area contributed by atoms with E-state index >= 15 is 0 Å². The van der Waals surface area contributed by atoms with Crippen LogP contribution in [0.25, 0.3) is 10.8 Å². The molecular formula is C20H16O10S2. The molecule has 2 aliphatic carbocycles. The first-order valence-corrected chi connectivity index (χ1v) is 12.2. The Labute approximate surface area is 182 Å². The van der Waals surface area contributed by atoms with Crippen LogP contribution >= 0.6 is 0 Å². The normalized spacial score (nSPS) is 20.0. The molecule has 0 radical (unpaired) electrons. The minimum absolute atomic E-state index is 0.0227. The molecule has 1 atom stereocenters. The van der Waals surface area contributed by atoms with E-state index in [2.05, 4.69) is 8.37 Å². The number of hydrogen-bond donors (Lipinski definition) is 2. The second-order valence-electron chi connectivity index (χ2n) is 8.01. The molecule has 5 rings (SSSR count). The fourth-order valence-electron chi connectivity index (χ4n) is 4.85. The van der Waals surface area contributed by atoms with Gasteiger partial charge >= 0.3 is 20.8 Å². The zero-order chi connectivity index (χ0) is 23.1. The summed E-state index contributed by atoms with van der Waals surface area (Å²) in [6.45, 7) is 1.95. The predicted molar refractivity (Wildman–Crippen MR) is 110 cm³/mol. The molecule has 1 aromatic heterocycles. The molecule has 0 aliphatic heterocycles. The highest BCUT2D eigenvalue weighted by atomic mass is 32.3. The molecule has 2 N–H and O–H groups in total. The Hall–Kier alpha value is -2.93. The average Bonchev–Trinajstić information content (AvgIpc) is 3.12. The van der Waals surface area contributed by atoms with E-state index in [1.54, 1.807) is 6.26 Å². The van der Waals surface area contributed by atoms with Crippen molar-refractivity contribution in [3.63, 3.8) is 0 Å². The Kier molecular flexibility index (Phi) is 4.28. The van der Waals surface area contributed by atoms with Crippen molar-refractivity contribution in [1.29, 1.82) is 0 Å². The first kappa shape index (κ1) is 20.9. The number of benzene rings is 2. The molecule has 1 heterocycles. The Balaban J connectivity index is 1.85. The van der Waals surface area contributed by atoms with Crippen molar-refractivity contribution in [3.8, 4) is 11.5 Å². The van der Waals surface area contributed by atoms with E-state index in [1.165, 1.54) is 12.1 Å². The molecule has 0 fully saturated rings. The van der Waals surface area contributed by atoms with Gasteiger partial charge in [-0.15, -0.1) is 0 Å². The number of furan rings is 1. The van der Waals surface area contributed by atoms with Gasteiger partial charge in [0.15, 0.2) is 17.3 Å². The molecule has 10 nitrogen and oxygen atoms in total. The smallest absolute Gasteiger partial charge is 0.446 e. The van der Waals surface area contributed by atoms with E-state index in [0.29, 0.717) is 12.0 Å². The van der Waals surface area contributed by atoms with Gasteiger partial charge in [0.1, 0.15) is 0 Å². The summed E-state index contributed by atoms with van der Waals surface area (Å²) in [7, 11) is -9.84. The second kappa shape index (κ2) is 6.54. The van der Waals surface area contributed by atoms with Crippen LogP contribution in [0.1, 0.15) is 52.6 Å². The van der Waals surface area contributed by atoms with E-state index in [9.17, 15) is 26.2 Å². The van der Waals surface area contributed by atoms with Crippen LogP contribution in [0.15, 0.2) is 34.9 Å². The number of carbonyl (C=O) groups is 1. The highest BCUT2D eigenvalue weighted by Gasteiger charge is 2.46. The van der Waals surface area contributed by atoms with Crippen LogP contribution in [-0.2, 0) is 32.6 Å². The predicted octanol–water partition coefficient (Wildman–Crippen LogP) is 2.98. The standard InChI is InChI=1S/C20H16O10S2/c1-20-6-2-3-10-9-28-19(17(10)20)18(21)13-7-11-12(8-14(13)20)16(30-32(25,26)27)5-4-15(11)29-31(22,23)24/h4-5,7-9H,2-3,6H2,1H3,(H,22,23,24)(H,25,26,27). The van der Waals surface area contributed by atoms with Crippen molar-refractivity contribution >= 4 is 37.4 Å². The van der Waals surface area contributed by atoms with Crippen molar-refractivity contribution in [2.75, 3.05) is 0 Å². The van der Waals surface area contributed by atoms with E-state index in [4.69, 9.17) is 8.97 Å². The maximum atomic E-state index is 13.2. The maximum Gasteiger partial charge on any atom is 0.446 e. The Morgan fingerprint density at radius 1 is 1.00 bits per heavy atom. The fraction of sp³-hybridized carbons (Fsp3) is 0.250. The van der Waals surface area contributed by atoms with Gasteiger partial charge in [0.25, 0.3) is 0 Å². The van der Waals surface area contributed by atoms with Crippen LogP contribution < -0.4 is 8.37 Å². The van der Waals surface area contributed by atoms with Crippen molar-refractivity contribution in [2.45, 2.75) is 31.6 Å².